The van der Waals surface area contributed by atoms with Crippen LogP contribution in [-0.2, 0) is 4.74 Å². The van der Waals surface area contributed by atoms with E-state index in [1.807, 2.05) is 0 Å². The molecule has 0 spiro atoms. The third-order valence-corrected chi connectivity index (χ3v) is 3.68. The number of alkyl halides is 2. The Labute approximate surface area is 107 Å². The van der Waals surface area contributed by atoms with Crippen LogP contribution in [0.3, 0.4) is 0 Å². The maximum Gasteiger partial charge on any atom is 0.357 e. The van der Waals surface area contributed by atoms with E-state index in [2.05, 4.69) is 41.6 Å². The Bertz CT molecular complexity index is 413. The highest BCUT2D eigenvalue weighted by atomic mass is 79.9. The van der Waals surface area contributed by atoms with E-state index in [1.54, 1.807) is 6.92 Å². The summed E-state index contributed by atoms with van der Waals surface area (Å²) in [6, 6.07) is 0. The average Bonchev–Trinajstić information content (AvgIpc) is 2.21. The number of rotatable bonds is 3. The normalized spacial score (nSPS) is 10.6. The van der Waals surface area contributed by atoms with Crippen LogP contribution in [-0.4, -0.2) is 17.6 Å². The van der Waals surface area contributed by atoms with Gasteiger partial charge in [0.1, 0.15) is 0 Å². The standard InChI is InChI=1S/C9H7Br2F2NO2/c1-2-16-9(15)7-5(8(12)13)6(11)4(10)3-14-7/h3,8H,2H2,1H3. The topological polar surface area (TPSA) is 39.2 Å². The van der Waals surface area contributed by atoms with Gasteiger partial charge in [-0.25, -0.2) is 18.6 Å². The molecule has 0 amide bonds. The lowest BCUT2D eigenvalue weighted by atomic mass is 10.2. The number of ether oxygens (including phenoxy) is 1. The second kappa shape index (κ2) is 5.67. The Hall–Kier alpha value is -0.560. The fraction of sp³-hybridized carbons (Fsp3) is 0.333. The summed E-state index contributed by atoms with van der Waals surface area (Å²) in [5, 5.41) is 0. The van der Waals surface area contributed by atoms with Crippen LogP contribution in [0.15, 0.2) is 15.1 Å². The van der Waals surface area contributed by atoms with Crippen LogP contribution in [0.2, 0.25) is 0 Å². The van der Waals surface area contributed by atoms with Crippen LogP contribution in [0.5, 0.6) is 0 Å². The Balaban J connectivity index is 3.28. The summed E-state index contributed by atoms with van der Waals surface area (Å²) in [6.45, 7) is 1.70. The molecule has 88 valence electrons. The molecule has 0 bridgehead atoms. The predicted octanol–water partition coefficient (Wildman–Crippen LogP) is 3.72. The predicted molar refractivity (Wildman–Crippen MR) is 60.6 cm³/mol. The summed E-state index contributed by atoms with van der Waals surface area (Å²) in [4.78, 5) is 15.0. The third-order valence-electron chi connectivity index (χ3n) is 1.70. The van der Waals surface area contributed by atoms with Gasteiger partial charge in [-0.1, -0.05) is 0 Å². The molecule has 0 unspecified atom stereocenters. The molecule has 0 saturated heterocycles. The number of carbonyl (C=O) groups is 1. The molecule has 0 fully saturated rings. The first-order valence-corrected chi connectivity index (χ1v) is 5.86. The second-order valence-corrected chi connectivity index (χ2v) is 4.35. The molecule has 0 saturated carbocycles. The molecule has 7 heteroatoms. The summed E-state index contributed by atoms with van der Waals surface area (Å²) in [5.41, 5.74) is -0.834. The first kappa shape index (κ1) is 13.5. The zero-order chi connectivity index (χ0) is 12.3. The summed E-state index contributed by atoms with van der Waals surface area (Å²) < 4.78 is 30.7. The van der Waals surface area contributed by atoms with Crippen molar-refractivity contribution >= 4 is 37.8 Å². The molecule has 0 radical (unpaired) electrons. The molecular formula is C9H7Br2F2NO2. The zero-order valence-electron chi connectivity index (χ0n) is 8.14. The van der Waals surface area contributed by atoms with Crippen molar-refractivity contribution in [3.8, 4) is 0 Å². The van der Waals surface area contributed by atoms with Gasteiger partial charge in [0.05, 0.1) is 16.6 Å². The fourth-order valence-electron chi connectivity index (χ4n) is 1.04. The Kier molecular flexibility index (Phi) is 4.79. The molecule has 0 aliphatic carbocycles. The molecule has 1 aromatic rings. The van der Waals surface area contributed by atoms with Crippen LogP contribution >= 0.6 is 31.9 Å². The highest BCUT2D eigenvalue weighted by Crippen LogP contribution is 2.34. The van der Waals surface area contributed by atoms with Gasteiger partial charge in [-0.15, -0.1) is 0 Å². The van der Waals surface area contributed by atoms with E-state index in [4.69, 9.17) is 0 Å². The van der Waals surface area contributed by atoms with Crippen molar-refractivity contribution in [2.24, 2.45) is 0 Å². The number of nitrogens with zero attached hydrogens (tertiary/aromatic N) is 1. The Morgan fingerprint density at radius 2 is 2.19 bits per heavy atom. The van der Waals surface area contributed by atoms with Crippen molar-refractivity contribution in [2.45, 2.75) is 13.3 Å². The van der Waals surface area contributed by atoms with Gasteiger partial charge in [-0.05, 0) is 38.8 Å². The maximum atomic E-state index is 12.8. The SMILES string of the molecule is CCOC(=O)c1ncc(Br)c(Br)c1C(F)F. The summed E-state index contributed by atoms with van der Waals surface area (Å²) >= 11 is 6.02. The quantitative estimate of drug-likeness (QED) is 0.773. The smallest absolute Gasteiger partial charge is 0.357 e. The van der Waals surface area contributed by atoms with Crippen molar-refractivity contribution in [2.75, 3.05) is 6.61 Å². The first-order valence-electron chi connectivity index (χ1n) is 4.28. The number of pyridine rings is 1. The van der Waals surface area contributed by atoms with E-state index in [-0.39, 0.29) is 16.8 Å². The summed E-state index contributed by atoms with van der Waals surface area (Å²) in [5.74, 6) is -0.856. The Morgan fingerprint density at radius 3 is 2.69 bits per heavy atom. The van der Waals surface area contributed by atoms with Crippen LogP contribution in [0.25, 0.3) is 0 Å². The molecule has 3 nitrogen and oxygen atoms in total. The molecule has 0 atom stereocenters. The minimum absolute atomic E-state index is 0.108. The van der Waals surface area contributed by atoms with Crippen LogP contribution in [0.1, 0.15) is 29.4 Å². The van der Waals surface area contributed by atoms with Crippen molar-refractivity contribution < 1.29 is 18.3 Å². The number of esters is 1. The summed E-state index contributed by atoms with van der Waals surface area (Å²) in [7, 11) is 0. The second-order valence-electron chi connectivity index (χ2n) is 2.70. The van der Waals surface area contributed by atoms with E-state index in [0.717, 1.165) is 0 Å². The van der Waals surface area contributed by atoms with E-state index in [1.165, 1.54) is 6.20 Å². The van der Waals surface area contributed by atoms with Gasteiger partial charge in [-0.2, -0.15) is 0 Å². The Morgan fingerprint density at radius 1 is 1.56 bits per heavy atom. The van der Waals surface area contributed by atoms with Crippen molar-refractivity contribution in [3.05, 3.63) is 26.4 Å². The highest BCUT2D eigenvalue weighted by molar-refractivity contribution is 9.13. The van der Waals surface area contributed by atoms with Crippen LogP contribution < -0.4 is 0 Å². The molecule has 0 N–H and O–H groups in total. The van der Waals surface area contributed by atoms with Crippen molar-refractivity contribution in [1.82, 2.24) is 4.98 Å². The van der Waals surface area contributed by atoms with Gasteiger partial charge in [0, 0.05) is 10.7 Å². The minimum Gasteiger partial charge on any atom is -0.461 e. The molecule has 1 rings (SSSR count). The number of hydrogen-bond donors (Lipinski definition) is 0. The largest absolute Gasteiger partial charge is 0.461 e. The van der Waals surface area contributed by atoms with Crippen molar-refractivity contribution in [1.29, 1.82) is 0 Å². The number of carbonyl (C=O) groups excluding carboxylic acids is 1. The molecule has 0 aliphatic heterocycles. The van der Waals surface area contributed by atoms with Gasteiger partial charge >= 0.3 is 5.97 Å². The van der Waals surface area contributed by atoms with E-state index in [0.29, 0.717) is 4.47 Å². The van der Waals surface area contributed by atoms with Crippen LogP contribution in [0.4, 0.5) is 8.78 Å². The van der Waals surface area contributed by atoms with Gasteiger partial charge in [0.2, 0.25) is 0 Å². The van der Waals surface area contributed by atoms with Gasteiger partial charge in [0.15, 0.2) is 5.69 Å². The van der Waals surface area contributed by atoms with E-state index >= 15 is 0 Å². The maximum absolute atomic E-state index is 12.8. The zero-order valence-corrected chi connectivity index (χ0v) is 11.3. The van der Waals surface area contributed by atoms with Gasteiger partial charge in [-0.3, -0.25) is 0 Å². The van der Waals surface area contributed by atoms with E-state index in [9.17, 15) is 13.6 Å². The fourth-order valence-corrected chi connectivity index (χ4v) is 1.82. The van der Waals surface area contributed by atoms with Gasteiger partial charge in [0.25, 0.3) is 6.43 Å². The lowest BCUT2D eigenvalue weighted by Crippen LogP contribution is -2.11. The molecule has 16 heavy (non-hydrogen) atoms. The van der Waals surface area contributed by atoms with E-state index < -0.39 is 18.0 Å². The summed E-state index contributed by atoms with van der Waals surface area (Å²) in [6.07, 6.45) is -1.54. The highest BCUT2D eigenvalue weighted by Gasteiger charge is 2.25. The molecule has 0 aromatic carbocycles. The average molecular weight is 359 g/mol. The third kappa shape index (κ3) is 2.76. The minimum atomic E-state index is -2.81. The lowest BCUT2D eigenvalue weighted by Gasteiger charge is -2.10. The first-order chi connectivity index (χ1) is 7.49. The monoisotopic (exact) mass is 357 g/mol. The van der Waals surface area contributed by atoms with Crippen LogP contribution in [0, 0.1) is 0 Å². The molecule has 0 aliphatic rings. The number of aromatic nitrogens is 1. The lowest BCUT2D eigenvalue weighted by molar-refractivity contribution is 0.0507. The number of halogens is 4. The molecule has 1 heterocycles. The molecular weight excluding hydrogens is 352 g/mol. The number of hydrogen-bond acceptors (Lipinski definition) is 3. The van der Waals surface area contributed by atoms with Crippen molar-refractivity contribution in [3.63, 3.8) is 0 Å². The molecule has 1 aromatic heterocycles. The van der Waals surface area contributed by atoms with Gasteiger partial charge < -0.3 is 4.74 Å².